The second-order valence-corrected chi connectivity index (χ2v) is 4.92. The van der Waals surface area contributed by atoms with Crippen molar-refractivity contribution in [3.8, 4) is 17.6 Å². The van der Waals surface area contributed by atoms with E-state index in [1.807, 2.05) is 0 Å². The van der Waals surface area contributed by atoms with Crippen molar-refractivity contribution in [2.45, 2.75) is 6.61 Å². The van der Waals surface area contributed by atoms with Crippen molar-refractivity contribution >= 4 is 17.0 Å². The number of ether oxygens (including phenoxy) is 1. The fraction of sp³-hybridized carbons (Fsp3) is 0.143. The van der Waals surface area contributed by atoms with E-state index in [1.54, 1.807) is 11.4 Å². The summed E-state index contributed by atoms with van der Waals surface area (Å²) in [7, 11) is 0. The normalized spacial score (nSPS) is 9.81. The second kappa shape index (κ2) is 6.83. The minimum Gasteiger partial charge on any atom is -0.481 e. The fourth-order valence-electron chi connectivity index (χ4n) is 1.57. The molecule has 0 saturated carbocycles. The summed E-state index contributed by atoms with van der Waals surface area (Å²) >= 11 is 1.38. The van der Waals surface area contributed by atoms with Crippen LogP contribution >= 0.6 is 11.3 Å². The first-order chi connectivity index (χ1) is 10.1. The summed E-state index contributed by atoms with van der Waals surface area (Å²) in [6, 6.07) is 4.92. The number of nitro groups is 1. The molecule has 0 bridgehead atoms. The fourth-order valence-corrected chi connectivity index (χ4v) is 2.29. The van der Waals surface area contributed by atoms with Crippen LogP contribution in [0, 0.1) is 27.8 Å². The molecule has 0 atom stereocenters. The van der Waals surface area contributed by atoms with Gasteiger partial charge in [-0.05, 0) is 18.2 Å². The maximum atomic E-state index is 13.0. The summed E-state index contributed by atoms with van der Waals surface area (Å²) in [5, 5.41) is 21.2. The lowest BCUT2D eigenvalue weighted by molar-refractivity contribution is -0.386. The van der Waals surface area contributed by atoms with Crippen molar-refractivity contribution < 1.29 is 19.2 Å². The van der Waals surface area contributed by atoms with E-state index in [0.717, 1.165) is 22.6 Å². The molecule has 1 heterocycles. The van der Waals surface area contributed by atoms with E-state index in [2.05, 4.69) is 11.8 Å². The van der Waals surface area contributed by atoms with Gasteiger partial charge in [-0.15, -0.1) is 11.3 Å². The first-order valence-electron chi connectivity index (χ1n) is 5.84. The Morgan fingerprint density at radius 1 is 1.43 bits per heavy atom. The van der Waals surface area contributed by atoms with Gasteiger partial charge in [-0.1, -0.05) is 11.8 Å². The lowest BCUT2D eigenvalue weighted by Gasteiger charge is -2.05. The van der Waals surface area contributed by atoms with Gasteiger partial charge in [-0.2, -0.15) is 0 Å². The molecule has 0 aliphatic heterocycles. The van der Waals surface area contributed by atoms with E-state index in [1.165, 1.54) is 17.4 Å². The summed E-state index contributed by atoms with van der Waals surface area (Å²) in [6.07, 6.45) is 0. The van der Waals surface area contributed by atoms with E-state index in [4.69, 9.17) is 9.84 Å². The van der Waals surface area contributed by atoms with Crippen LogP contribution in [0.1, 0.15) is 10.4 Å². The molecule has 108 valence electrons. The topological polar surface area (TPSA) is 72.6 Å². The third-order valence-corrected chi connectivity index (χ3v) is 3.36. The van der Waals surface area contributed by atoms with Crippen molar-refractivity contribution in [1.29, 1.82) is 0 Å². The largest absolute Gasteiger partial charge is 0.481 e. The number of thiophene rings is 1. The molecule has 0 unspecified atom stereocenters. The average molecular weight is 307 g/mol. The van der Waals surface area contributed by atoms with E-state index < -0.39 is 16.4 Å². The highest BCUT2D eigenvalue weighted by Crippen LogP contribution is 2.28. The molecule has 1 N–H and O–H groups in total. The van der Waals surface area contributed by atoms with E-state index >= 15 is 0 Å². The van der Waals surface area contributed by atoms with Gasteiger partial charge in [0.2, 0.25) is 0 Å². The Hall–Kier alpha value is -2.43. The molecule has 1 aromatic heterocycles. The summed E-state index contributed by atoms with van der Waals surface area (Å²) in [5.74, 6) is 4.59. The molecule has 21 heavy (non-hydrogen) atoms. The molecule has 0 aliphatic rings. The molecule has 0 aliphatic carbocycles. The van der Waals surface area contributed by atoms with Crippen LogP contribution in [0.25, 0.3) is 0 Å². The number of nitro benzene ring substituents is 1. The Morgan fingerprint density at radius 2 is 2.24 bits per heavy atom. The summed E-state index contributed by atoms with van der Waals surface area (Å²) in [6.45, 7) is -0.0958. The molecule has 7 heteroatoms. The van der Waals surface area contributed by atoms with Crippen LogP contribution in [-0.4, -0.2) is 16.6 Å². The molecule has 0 amide bonds. The Balaban J connectivity index is 2.09. The van der Waals surface area contributed by atoms with Crippen molar-refractivity contribution in [2.24, 2.45) is 0 Å². The van der Waals surface area contributed by atoms with E-state index in [9.17, 15) is 14.5 Å². The monoisotopic (exact) mass is 307 g/mol. The highest BCUT2D eigenvalue weighted by molar-refractivity contribution is 7.10. The highest BCUT2D eigenvalue weighted by atomic mass is 32.1. The number of halogens is 1. The molecule has 2 aromatic rings. The van der Waals surface area contributed by atoms with Gasteiger partial charge in [0.1, 0.15) is 19.0 Å². The molecule has 0 saturated heterocycles. The molecular weight excluding hydrogens is 297 g/mol. The average Bonchev–Trinajstić information content (AvgIpc) is 2.91. The minimum absolute atomic E-state index is 0.0118. The van der Waals surface area contributed by atoms with E-state index in [-0.39, 0.29) is 19.0 Å². The van der Waals surface area contributed by atoms with Gasteiger partial charge in [0.15, 0.2) is 5.75 Å². The van der Waals surface area contributed by atoms with Crippen LogP contribution in [0.2, 0.25) is 0 Å². The molecule has 1 aromatic carbocycles. The Labute approximate surface area is 123 Å². The Bertz CT molecular complexity index is 717. The van der Waals surface area contributed by atoms with Crippen molar-refractivity contribution in [3.05, 3.63) is 56.0 Å². The SMILES string of the molecule is O=[N+]([O-])c1cc(F)ccc1OCc1cc(C#CCO)cs1. The second-order valence-electron chi connectivity index (χ2n) is 3.92. The van der Waals surface area contributed by atoms with Crippen LogP contribution in [-0.2, 0) is 6.61 Å². The van der Waals surface area contributed by atoms with Crippen molar-refractivity contribution in [3.63, 3.8) is 0 Å². The Morgan fingerprint density at radius 3 is 2.95 bits per heavy atom. The van der Waals surface area contributed by atoms with Crippen LogP contribution in [0.3, 0.4) is 0 Å². The third-order valence-electron chi connectivity index (χ3n) is 2.45. The zero-order chi connectivity index (χ0) is 15.2. The van der Waals surface area contributed by atoms with Gasteiger partial charge in [-0.3, -0.25) is 10.1 Å². The van der Waals surface area contributed by atoms with Crippen molar-refractivity contribution in [2.75, 3.05) is 6.61 Å². The molecule has 2 rings (SSSR count). The first kappa shape index (κ1) is 15.0. The van der Waals surface area contributed by atoms with Crippen LogP contribution in [0.15, 0.2) is 29.6 Å². The number of aliphatic hydroxyl groups is 1. The predicted octanol–water partition coefficient (Wildman–Crippen LogP) is 2.72. The quantitative estimate of drug-likeness (QED) is 0.535. The number of rotatable bonds is 4. The molecule has 0 radical (unpaired) electrons. The molecule has 5 nitrogen and oxygen atoms in total. The number of benzene rings is 1. The predicted molar refractivity (Wildman–Crippen MR) is 75.7 cm³/mol. The van der Waals surface area contributed by atoms with Gasteiger partial charge in [0.05, 0.1) is 11.0 Å². The van der Waals surface area contributed by atoms with Crippen molar-refractivity contribution in [1.82, 2.24) is 0 Å². The van der Waals surface area contributed by atoms with Crippen LogP contribution in [0.5, 0.6) is 5.75 Å². The van der Waals surface area contributed by atoms with Gasteiger partial charge in [0, 0.05) is 15.8 Å². The standard InChI is InChI=1S/C14H10FNO4S/c15-11-3-4-14(13(7-11)16(18)19)20-8-12-6-10(9-21-12)2-1-5-17/h3-4,6-7,9,17H,5,8H2. The number of hydrogen-bond acceptors (Lipinski definition) is 5. The summed E-state index contributed by atoms with van der Waals surface area (Å²) in [4.78, 5) is 11.0. The smallest absolute Gasteiger partial charge is 0.313 e. The number of aliphatic hydroxyl groups excluding tert-OH is 1. The van der Waals surface area contributed by atoms with E-state index in [0.29, 0.717) is 0 Å². The number of hydrogen-bond donors (Lipinski definition) is 1. The van der Waals surface area contributed by atoms with Crippen LogP contribution in [0.4, 0.5) is 10.1 Å². The maximum Gasteiger partial charge on any atom is 0.313 e. The minimum atomic E-state index is -0.689. The van der Waals surface area contributed by atoms with Gasteiger partial charge in [0.25, 0.3) is 0 Å². The van der Waals surface area contributed by atoms with Gasteiger partial charge < -0.3 is 9.84 Å². The summed E-state index contributed by atoms with van der Waals surface area (Å²) < 4.78 is 18.4. The lowest BCUT2D eigenvalue weighted by Crippen LogP contribution is -1.98. The van der Waals surface area contributed by atoms with Gasteiger partial charge >= 0.3 is 5.69 Å². The lowest BCUT2D eigenvalue weighted by atomic mass is 10.3. The van der Waals surface area contributed by atoms with Gasteiger partial charge in [-0.25, -0.2) is 4.39 Å². The number of nitrogens with zero attached hydrogens (tertiary/aromatic N) is 1. The molecule has 0 fully saturated rings. The highest BCUT2D eigenvalue weighted by Gasteiger charge is 2.16. The first-order valence-corrected chi connectivity index (χ1v) is 6.72. The molecular formula is C14H10FNO4S. The Kier molecular flexibility index (Phi) is 4.87. The molecule has 0 spiro atoms. The zero-order valence-corrected chi connectivity index (χ0v) is 11.5. The van der Waals surface area contributed by atoms with Crippen LogP contribution < -0.4 is 4.74 Å². The zero-order valence-electron chi connectivity index (χ0n) is 10.7. The summed E-state index contributed by atoms with van der Waals surface area (Å²) in [5.41, 5.74) is 0.327. The third kappa shape index (κ3) is 4.02. The maximum absolute atomic E-state index is 13.0.